The number of thiazole rings is 1. The minimum atomic E-state index is -0.528. The van der Waals surface area contributed by atoms with Gasteiger partial charge in [0.25, 0.3) is 0 Å². The number of amides is 1. The molecule has 1 fully saturated rings. The van der Waals surface area contributed by atoms with E-state index in [0.717, 1.165) is 26.7 Å². The van der Waals surface area contributed by atoms with Crippen LogP contribution in [0.15, 0.2) is 24.3 Å². The third kappa shape index (κ3) is 4.76. The average molecular weight is 404 g/mol. The Balaban J connectivity index is 1.78. The largest absolute Gasteiger partial charge is 0.469 e. The maximum absolute atomic E-state index is 12.5. The van der Waals surface area contributed by atoms with Crippen LogP contribution in [-0.4, -0.2) is 47.8 Å². The minimum absolute atomic E-state index is 0.0373. The first-order chi connectivity index (χ1) is 13.4. The average Bonchev–Trinajstić information content (AvgIpc) is 3.26. The van der Waals surface area contributed by atoms with Crippen LogP contribution in [0.4, 0.5) is 0 Å². The summed E-state index contributed by atoms with van der Waals surface area (Å²) in [6.45, 7) is 4.35. The normalized spacial score (nSPS) is 20.0. The van der Waals surface area contributed by atoms with Crippen LogP contribution in [0.25, 0.3) is 10.4 Å². The first-order valence-corrected chi connectivity index (χ1v) is 10.0. The molecule has 0 unspecified atom stereocenters. The molecule has 1 aromatic carbocycles. The van der Waals surface area contributed by atoms with Crippen LogP contribution in [0.5, 0.6) is 0 Å². The summed E-state index contributed by atoms with van der Waals surface area (Å²) in [5, 5.41) is 16.5. The number of benzene rings is 1. The molecule has 0 bridgehead atoms. The Labute approximate surface area is 168 Å². The topological polar surface area (TPSA) is 101 Å². The lowest BCUT2D eigenvalue weighted by molar-refractivity contribution is -0.141. The summed E-state index contributed by atoms with van der Waals surface area (Å²) in [7, 11) is 1.33. The van der Waals surface area contributed by atoms with E-state index in [1.807, 2.05) is 38.1 Å². The van der Waals surface area contributed by atoms with Crippen molar-refractivity contribution in [3.05, 3.63) is 40.5 Å². The third-order valence-electron chi connectivity index (χ3n) is 4.82. The van der Waals surface area contributed by atoms with Gasteiger partial charge in [-0.1, -0.05) is 24.3 Å². The van der Waals surface area contributed by atoms with E-state index in [9.17, 15) is 14.7 Å². The van der Waals surface area contributed by atoms with E-state index < -0.39 is 24.2 Å². The Bertz CT molecular complexity index is 850. The number of methoxy groups -OCH3 is 1. The van der Waals surface area contributed by atoms with Gasteiger partial charge < -0.3 is 20.5 Å². The molecule has 1 aliphatic heterocycles. The van der Waals surface area contributed by atoms with Crippen molar-refractivity contribution in [2.45, 2.75) is 44.9 Å². The molecule has 150 valence electrons. The molecule has 1 aliphatic rings. The van der Waals surface area contributed by atoms with Crippen molar-refractivity contribution in [1.29, 1.82) is 0 Å². The Kier molecular flexibility index (Phi) is 6.43. The van der Waals surface area contributed by atoms with Gasteiger partial charge in [0.05, 0.1) is 47.3 Å². The van der Waals surface area contributed by atoms with Gasteiger partial charge in [-0.05, 0) is 31.4 Å². The van der Waals surface area contributed by atoms with Crippen molar-refractivity contribution in [3.8, 4) is 10.4 Å². The highest BCUT2D eigenvalue weighted by Crippen LogP contribution is 2.31. The van der Waals surface area contributed by atoms with Gasteiger partial charge >= 0.3 is 5.97 Å². The van der Waals surface area contributed by atoms with E-state index in [0.29, 0.717) is 13.0 Å². The van der Waals surface area contributed by atoms with E-state index in [-0.39, 0.29) is 12.3 Å². The Morgan fingerprint density at radius 1 is 1.36 bits per heavy atom. The molecule has 1 amide bonds. The molecule has 0 radical (unpaired) electrons. The van der Waals surface area contributed by atoms with Crippen molar-refractivity contribution in [1.82, 2.24) is 15.6 Å². The number of aryl methyl sites for hydroxylation is 2. The number of ether oxygens (including phenoxy) is 1. The number of hydrogen-bond acceptors (Lipinski definition) is 7. The van der Waals surface area contributed by atoms with Crippen LogP contribution >= 0.6 is 11.3 Å². The number of rotatable bonds is 6. The molecule has 2 aromatic rings. The monoisotopic (exact) mass is 403 g/mol. The first kappa shape index (κ1) is 20.4. The van der Waals surface area contributed by atoms with Crippen LogP contribution in [0.1, 0.15) is 35.1 Å². The highest BCUT2D eigenvalue weighted by molar-refractivity contribution is 7.15. The molecule has 28 heavy (non-hydrogen) atoms. The Morgan fingerprint density at radius 2 is 2.07 bits per heavy atom. The van der Waals surface area contributed by atoms with Gasteiger partial charge in [0, 0.05) is 6.54 Å². The predicted octanol–water partition coefficient (Wildman–Crippen LogP) is 1.87. The van der Waals surface area contributed by atoms with Gasteiger partial charge in [0.2, 0.25) is 5.91 Å². The lowest BCUT2D eigenvalue weighted by atomic mass is 10.0. The maximum atomic E-state index is 12.5. The van der Waals surface area contributed by atoms with Crippen molar-refractivity contribution >= 4 is 23.2 Å². The van der Waals surface area contributed by atoms with Gasteiger partial charge in [0.15, 0.2) is 0 Å². The highest BCUT2D eigenvalue weighted by Gasteiger charge is 2.30. The summed E-state index contributed by atoms with van der Waals surface area (Å²) >= 11 is 1.64. The van der Waals surface area contributed by atoms with E-state index in [1.165, 1.54) is 7.11 Å². The third-order valence-corrected chi connectivity index (χ3v) is 5.94. The molecule has 0 aliphatic carbocycles. The lowest BCUT2D eigenvalue weighted by Crippen LogP contribution is -2.42. The van der Waals surface area contributed by atoms with Gasteiger partial charge in [-0.15, -0.1) is 11.3 Å². The van der Waals surface area contributed by atoms with Gasteiger partial charge in [-0.3, -0.25) is 9.59 Å². The van der Waals surface area contributed by atoms with Crippen LogP contribution in [-0.2, 0) is 14.3 Å². The quantitative estimate of drug-likeness (QED) is 0.637. The van der Waals surface area contributed by atoms with Crippen molar-refractivity contribution in [2.75, 3.05) is 13.7 Å². The molecule has 1 saturated heterocycles. The zero-order chi connectivity index (χ0) is 20.3. The smallest absolute Gasteiger partial charge is 0.307 e. The van der Waals surface area contributed by atoms with Crippen molar-refractivity contribution in [3.63, 3.8) is 0 Å². The number of nitrogens with one attached hydrogen (secondary N) is 2. The number of hydrogen-bond donors (Lipinski definition) is 3. The minimum Gasteiger partial charge on any atom is -0.469 e. The molecule has 3 rings (SSSR count). The molecule has 3 N–H and O–H groups in total. The fourth-order valence-electron chi connectivity index (χ4n) is 3.36. The summed E-state index contributed by atoms with van der Waals surface area (Å²) in [5.74, 6) is -0.633. The first-order valence-electron chi connectivity index (χ1n) is 9.20. The highest BCUT2D eigenvalue weighted by atomic mass is 32.1. The summed E-state index contributed by atoms with van der Waals surface area (Å²) in [6.07, 6.45) is -0.130. The number of aromatic nitrogens is 1. The van der Waals surface area contributed by atoms with Gasteiger partial charge in [-0.2, -0.15) is 0 Å². The summed E-state index contributed by atoms with van der Waals surface area (Å²) in [6, 6.07) is 6.81. The maximum Gasteiger partial charge on any atom is 0.307 e. The molecule has 7 nitrogen and oxygen atoms in total. The molecular formula is C20H25N3O4S. The summed E-state index contributed by atoms with van der Waals surface area (Å²) in [5.41, 5.74) is 2.86. The number of carbonyl (C=O) groups excluding carboxylic acids is 2. The second kappa shape index (κ2) is 8.81. The number of β-amino-alcohol motifs (C(OH)–C–C–N with tert-alkyl or cyclic N) is 1. The van der Waals surface area contributed by atoms with E-state index in [4.69, 9.17) is 4.74 Å². The predicted molar refractivity (Wildman–Crippen MR) is 107 cm³/mol. The molecule has 2 heterocycles. The van der Waals surface area contributed by atoms with Crippen LogP contribution in [0.3, 0.4) is 0 Å². The number of nitrogens with zero attached hydrogens (tertiary/aromatic N) is 1. The van der Waals surface area contributed by atoms with Gasteiger partial charge in [-0.25, -0.2) is 4.98 Å². The summed E-state index contributed by atoms with van der Waals surface area (Å²) < 4.78 is 4.79. The molecular weight excluding hydrogens is 378 g/mol. The molecule has 0 saturated carbocycles. The van der Waals surface area contributed by atoms with E-state index in [1.54, 1.807) is 11.3 Å². The van der Waals surface area contributed by atoms with E-state index >= 15 is 0 Å². The number of aliphatic hydroxyl groups is 1. The van der Waals surface area contributed by atoms with Crippen LogP contribution in [0, 0.1) is 13.8 Å². The zero-order valence-corrected chi connectivity index (χ0v) is 17.0. The van der Waals surface area contributed by atoms with Crippen molar-refractivity contribution < 1.29 is 19.4 Å². The molecule has 8 heteroatoms. The Morgan fingerprint density at radius 3 is 2.61 bits per heavy atom. The fraction of sp³-hybridized carbons (Fsp3) is 0.450. The molecule has 0 spiro atoms. The molecule has 3 atom stereocenters. The number of aliphatic hydroxyl groups excluding tert-OH is 1. The second-order valence-electron chi connectivity index (χ2n) is 6.96. The van der Waals surface area contributed by atoms with Gasteiger partial charge in [0.1, 0.15) is 0 Å². The van der Waals surface area contributed by atoms with Crippen molar-refractivity contribution in [2.24, 2.45) is 0 Å². The van der Waals surface area contributed by atoms with E-state index in [2.05, 4.69) is 15.6 Å². The molecule has 1 aromatic heterocycles. The number of carbonyl (C=O) groups is 2. The van der Waals surface area contributed by atoms with Crippen LogP contribution < -0.4 is 10.6 Å². The zero-order valence-electron chi connectivity index (χ0n) is 16.2. The Hall–Kier alpha value is -2.29. The second-order valence-corrected chi connectivity index (χ2v) is 8.16. The summed E-state index contributed by atoms with van der Waals surface area (Å²) in [4.78, 5) is 30.0. The lowest BCUT2D eigenvalue weighted by Gasteiger charge is -2.21. The SMILES string of the molecule is COC(=O)C[C@H](NC(=O)[C@@H]1C[C@@H](O)CN1)c1ccc(-c2sc(C)nc2C)cc1. The number of esters is 1. The fourth-order valence-corrected chi connectivity index (χ4v) is 4.28. The van der Waals surface area contributed by atoms with Crippen LogP contribution in [0.2, 0.25) is 0 Å². The standard InChI is InChI=1S/C20H25N3O4S/c1-11-19(28-12(2)22-11)14-6-4-13(5-7-14)16(9-18(25)27-3)23-20(26)17-8-15(24)10-21-17/h4-7,15-17,21,24H,8-10H2,1-3H3,(H,23,26)/t15-,16+,17+/m1/s1.